The molecule has 1 heterocycles. The molecule has 0 spiro atoms. The summed E-state index contributed by atoms with van der Waals surface area (Å²) in [7, 11) is 0. The molecule has 16 nitrogen and oxygen atoms in total. The first-order valence-corrected chi connectivity index (χ1v) is 9.62. The van der Waals surface area contributed by atoms with E-state index < -0.39 is 62.0 Å². The fourth-order valence-electron chi connectivity index (χ4n) is 2.28. The number of hydrazone groups is 2. The molecule has 0 aromatic carbocycles. The molecule has 0 fully saturated rings. The van der Waals surface area contributed by atoms with Crippen LogP contribution in [0.3, 0.4) is 0 Å². The van der Waals surface area contributed by atoms with Gasteiger partial charge in [-0.3, -0.25) is 5.43 Å². The summed E-state index contributed by atoms with van der Waals surface area (Å²) >= 11 is 0. The third-order valence-electron chi connectivity index (χ3n) is 4.21. The third kappa shape index (κ3) is 9.18. The molecule has 16 heteroatoms. The van der Waals surface area contributed by atoms with E-state index in [1.807, 2.05) is 0 Å². The Morgan fingerprint density at radius 1 is 0.758 bits per heavy atom. The van der Waals surface area contributed by atoms with Crippen molar-refractivity contribution in [1.82, 2.24) is 9.97 Å². The van der Waals surface area contributed by atoms with Gasteiger partial charge in [-0.2, -0.15) is 15.2 Å². The zero-order valence-electron chi connectivity index (χ0n) is 17.5. The Kier molecular flexibility index (Phi) is 12.2. The maximum atomic E-state index is 9.77. The molecule has 0 aliphatic carbocycles. The predicted molar refractivity (Wildman–Crippen MR) is 113 cm³/mol. The Labute approximate surface area is 187 Å². The summed E-state index contributed by atoms with van der Waals surface area (Å²) in [6, 6.07) is 1.45. The van der Waals surface area contributed by atoms with Gasteiger partial charge < -0.3 is 51.1 Å². The van der Waals surface area contributed by atoms with E-state index >= 15 is 0 Å². The van der Waals surface area contributed by atoms with Crippen molar-refractivity contribution in [3.05, 3.63) is 11.8 Å². The molecule has 0 saturated carbocycles. The Morgan fingerprint density at radius 2 is 1.21 bits per heavy atom. The van der Waals surface area contributed by atoms with Crippen LogP contribution in [0.25, 0.3) is 0 Å². The monoisotopic (exact) mass is 478 g/mol. The van der Waals surface area contributed by atoms with Crippen molar-refractivity contribution in [1.29, 1.82) is 0 Å². The maximum Gasteiger partial charge on any atom is 0.245 e. The van der Waals surface area contributed by atoms with Crippen LogP contribution in [0, 0.1) is 6.92 Å². The van der Waals surface area contributed by atoms with Crippen LogP contribution >= 0.6 is 0 Å². The fraction of sp³-hybridized carbons (Fsp3) is 0.647. The van der Waals surface area contributed by atoms with E-state index in [1.165, 1.54) is 6.07 Å². The van der Waals surface area contributed by atoms with Gasteiger partial charge in [0.25, 0.3) is 0 Å². The van der Waals surface area contributed by atoms with Crippen molar-refractivity contribution < 1.29 is 51.1 Å². The van der Waals surface area contributed by atoms with Crippen LogP contribution in [0.15, 0.2) is 16.3 Å². The van der Waals surface area contributed by atoms with E-state index in [1.54, 1.807) is 6.92 Å². The second kappa shape index (κ2) is 14.0. The van der Waals surface area contributed by atoms with Crippen LogP contribution in [0.1, 0.15) is 5.69 Å². The number of anilines is 2. The molecule has 8 atom stereocenters. The number of hydrogen-bond acceptors (Lipinski definition) is 16. The minimum Gasteiger partial charge on any atom is -0.394 e. The molecule has 1 rings (SSSR count). The molecule has 33 heavy (non-hydrogen) atoms. The van der Waals surface area contributed by atoms with E-state index in [2.05, 4.69) is 31.0 Å². The van der Waals surface area contributed by atoms with E-state index in [4.69, 9.17) is 10.2 Å². The summed E-state index contributed by atoms with van der Waals surface area (Å²) in [5, 5.41) is 101. The molecule has 8 unspecified atom stereocenters. The van der Waals surface area contributed by atoms with Crippen LogP contribution < -0.4 is 10.9 Å². The summed E-state index contributed by atoms with van der Waals surface area (Å²) in [6.07, 6.45) is -12.4. The van der Waals surface area contributed by atoms with Crippen LogP contribution in [0.2, 0.25) is 0 Å². The van der Waals surface area contributed by atoms with Gasteiger partial charge >= 0.3 is 0 Å². The zero-order valence-corrected chi connectivity index (χ0v) is 17.5. The number of aromatic nitrogens is 2. The van der Waals surface area contributed by atoms with Crippen molar-refractivity contribution in [3.63, 3.8) is 0 Å². The summed E-state index contributed by atoms with van der Waals surface area (Å²) in [5.74, 6) is 0.0276. The summed E-state index contributed by atoms with van der Waals surface area (Å²) < 4.78 is 0. The van der Waals surface area contributed by atoms with Gasteiger partial charge in [0.05, 0.1) is 25.6 Å². The Morgan fingerprint density at radius 3 is 1.67 bits per heavy atom. The minimum absolute atomic E-state index is 0.0799. The van der Waals surface area contributed by atoms with Gasteiger partial charge in [-0.1, -0.05) is 0 Å². The number of rotatable bonds is 14. The average molecular weight is 478 g/mol. The van der Waals surface area contributed by atoms with Crippen molar-refractivity contribution in [2.24, 2.45) is 10.2 Å². The van der Waals surface area contributed by atoms with Crippen molar-refractivity contribution in [2.75, 3.05) is 24.1 Å². The zero-order chi connectivity index (χ0) is 25.1. The Balaban J connectivity index is 2.71. The lowest BCUT2D eigenvalue weighted by molar-refractivity contribution is -0.0999. The minimum atomic E-state index is -1.83. The second-order valence-electron chi connectivity index (χ2n) is 6.94. The molecule has 0 aliphatic rings. The normalized spacial score (nSPS) is 19.6. The molecule has 12 N–H and O–H groups in total. The van der Waals surface area contributed by atoms with Gasteiger partial charge in [-0.15, -0.1) is 0 Å². The van der Waals surface area contributed by atoms with E-state index in [0.717, 1.165) is 12.4 Å². The largest absolute Gasteiger partial charge is 0.394 e. The van der Waals surface area contributed by atoms with Crippen molar-refractivity contribution >= 4 is 24.2 Å². The van der Waals surface area contributed by atoms with E-state index in [9.17, 15) is 40.9 Å². The number of hydrogen-bond donors (Lipinski definition) is 12. The number of aliphatic hydroxyl groups excluding tert-OH is 10. The van der Waals surface area contributed by atoms with Gasteiger partial charge in [0.15, 0.2) is 5.82 Å². The summed E-state index contributed by atoms with van der Waals surface area (Å²) in [6.45, 7) is -0.0428. The number of nitrogens with one attached hydrogen (secondary N) is 2. The van der Waals surface area contributed by atoms with Gasteiger partial charge in [-0.05, 0) is 6.92 Å². The lowest BCUT2D eigenvalue weighted by Crippen LogP contribution is -2.46. The molecular weight excluding hydrogens is 448 g/mol. The van der Waals surface area contributed by atoms with Gasteiger partial charge in [0, 0.05) is 11.8 Å². The molecule has 1 aromatic heterocycles. The molecular formula is C17H30N6O10. The quantitative estimate of drug-likeness (QED) is 0.0877. The Bertz CT molecular complexity index is 714. The van der Waals surface area contributed by atoms with Crippen LogP contribution in [0.4, 0.5) is 11.8 Å². The van der Waals surface area contributed by atoms with E-state index in [0.29, 0.717) is 5.69 Å². The lowest BCUT2D eigenvalue weighted by Gasteiger charge is -2.23. The molecule has 0 saturated heterocycles. The number of aliphatic hydroxyl groups is 10. The molecule has 0 amide bonds. The summed E-state index contributed by atoms with van der Waals surface area (Å²) in [4.78, 5) is 7.98. The van der Waals surface area contributed by atoms with Crippen molar-refractivity contribution in [2.45, 2.75) is 55.8 Å². The standard InChI is InChI=1S/C17H30N6O10/c1-7-2-12(22-18-3-8(26)13(30)15(32)10(28)5-24)21-17(20-7)23-19-4-9(27)14(31)16(33)11(29)6-25/h2-4,8-11,13-16,24-33H,5-6H2,1H3,(H2,20,21,22,23)/b18-3+,19-4+. The lowest BCUT2D eigenvalue weighted by atomic mass is 10.0. The number of aryl methyl sites for hydroxylation is 1. The predicted octanol–water partition coefficient (Wildman–Crippen LogP) is -5.55. The van der Waals surface area contributed by atoms with Crippen LogP contribution in [-0.2, 0) is 0 Å². The highest BCUT2D eigenvalue weighted by molar-refractivity contribution is 5.65. The topological polar surface area (TPSA) is 277 Å². The maximum absolute atomic E-state index is 9.77. The SMILES string of the molecule is Cc1cc(N/N=C/C(O)C(O)C(O)C(O)CO)nc(N/N=C/C(O)C(O)C(O)C(O)CO)n1. The van der Waals surface area contributed by atoms with Crippen LogP contribution in [0.5, 0.6) is 0 Å². The van der Waals surface area contributed by atoms with Gasteiger partial charge in [0.2, 0.25) is 5.95 Å². The first-order chi connectivity index (χ1) is 15.5. The highest BCUT2D eigenvalue weighted by Crippen LogP contribution is 2.10. The van der Waals surface area contributed by atoms with Crippen molar-refractivity contribution in [3.8, 4) is 0 Å². The number of nitrogens with zero attached hydrogens (tertiary/aromatic N) is 4. The van der Waals surface area contributed by atoms with E-state index in [-0.39, 0.29) is 11.8 Å². The molecule has 1 aromatic rings. The van der Waals surface area contributed by atoms with Gasteiger partial charge in [0.1, 0.15) is 48.8 Å². The molecule has 0 aliphatic heterocycles. The fourth-order valence-corrected chi connectivity index (χ4v) is 2.28. The first-order valence-electron chi connectivity index (χ1n) is 9.62. The first kappa shape index (κ1) is 28.7. The second-order valence-corrected chi connectivity index (χ2v) is 6.94. The molecule has 0 bridgehead atoms. The highest BCUT2D eigenvalue weighted by atomic mass is 16.4. The Hall–Kier alpha value is -2.38. The summed E-state index contributed by atoms with van der Waals surface area (Å²) in [5.41, 5.74) is 5.23. The van der Waals surface area contributed by atoms with Crippen LogP contribution in [-0.4, -0.2) is 136 Å². The third-order valence-corrected chi connectivity index (χ3v) is 4.21. The molecule has 0 radical (unpaired) electrons. The van der Waals surface area contributed by atoms with Gasteiger partial charge in [-0.25, -0.2) is 10.4 Å². The highest BCUT2D eigenvalue weighted by Gasteiger charge is 2.30. The smallest absolute Gasteiger partial charge is 0.245 e. The molecule has 188 valence electrons. The average Bonchev–Trinajstić information content (AvgIpc) is 2.80.